The smallest absolute Gasteiger partial charge is 0.409 e. The first-order valence-electron chi connectivity index (χ1n) is 14.6. The monoisotopic (exact) mass is 632 g/mol. The van der Waals surface area contributed by atoms with Crippen molar-refractivity contribution in [1.82, 2.24) is 14.8 Å². The quantitative estimate of drug-likeness (QED) is 0.348. The summed E-state index contributed by atoms with van der Waals surface area (Å²) in [6, 6.07) is 4.61. The van der Waals surface area contributed by atoms with E-state index >= 15 is 0 Å². The van der Waals surface area contributed by atoms with Crippen LogP contribution in [0, 0.1) is 0 Å². The summed E-state index contributed by atoms with van der Waals surface area (Å²) in [6.45, 7) is 6.08. The number of benzene rings is 1. The first-order chi connectivity index (χ1) is 20.9. The van der Waals surface area contributed by atoms with Crippen LogP contribution in [0.1, 0.15) is 74.8 Å². The van der Waals surface area contributed by atoms with E-state index < -0.39 is 41.4 Å². The van der Waals surface area contributed by atoms with Crippen LogP contribution in [0.2, 0.25) is 5.02 Å². The molecule has 13 nitrogen and oxygen atoms in total. The number of carboxylic acids is 1. The molecule has 3 N–H and O–H groups in total. The Labute approximate surface area is 259 Å². The maximum atomic E-state index is 14.2. The van der Waals surface area contributed by atoms with Crippen LogP contribution in [-0.2, 0) is 23.9 Å². The Morgan fingerprint density at radius 2 is 1.75 bits per heavy atom. The highest BCUT2D eigenvalue weighted by molar-refractivity contribution is 6.31. The molecule has 1 aromatic heterocycles. The third-order valence-corrected chi connectivity index (χ3v) is 8.01. The van der Waals surface area contributed by atoms with E-state index in [1.807, 2.05) is 0 Å². The van der Waals surface area contributed by atoms with E-state index in [1.54, 1.807) is 32.9 Å². The predicted octanol–water partition coefficient (Wildman–Crippen LogP) is 3.49. The molecule has 1 aliphatic carbocycles. The third-order valence-electron chi connectivity index (χ3n) is 7.77. The van der Waals surface area contributed by atoms with Crippen LogP contribution in [0.25, 0.3) is 10.9 Å². The normalized spacial score (nSPS) is 16.7. The molecule has 44 heavy (non-hydrogen) atoms. The summed E-state index contributed by atoms with van der Waals surface area (Å²) in [5.41, 5.74) is 4.27. The lowest BCUT2D eigenvalue weighted by molar-refractivity contribution is -0.163. The molecule has 1 saturated carbocycles. The number of aromatic nitrogens is 1. The number of piperazine rings is 1. The number of pyridine rings is 1. The van der Waals surface area contributed by atoms with Gasteiger partial charge in [-0.3, -0.25) is 19.4 Å². The van der Waals surface area contributed by atoms with Crippen LogP contribution in [0.4, 0.5) is 4.79 Å². The van der Waals surface area contributed by atoms with E-state index in [0.29, 0.717) is 16.8 Å². The molecule has 238 valence electrons. The third kappa shape index (κ3) is 6.98. The number of carboxylic acid groups (broad SMARTS) is 1. The number of carbonyl (C=O) groups excluding carboxylic acids is 4. The number of halogens is 1. The van der Waals surface area contributed by atoms with Crippen molar-refractivity contribution in [3.63, 3.8) is 0 Å². The zero-order chi connectivity index (χ0) is 32.2. The zero-order valence-electron chi connectivity index (χ0n) is 25.0. The Hall–Kier alpha value is -4.13. The van der Waals surface area contributed by atoms with Crippen molar-refractivity contribution >= 4 is 52.4 Å². The van der Waals surface area contributed by atoms with Gasteiger partial charge in [0.15, 0.2) is 0 Å². The first kappa shape index (κ1) is 32.8. The van der Waals surface area contributed by atoms with Crippen molar-refractivity contribution < 1.29 is 43.3 Å². The Morgan fingerprint density at radius 1 is 1.09 bits per heavy atom. The summed E-state index contributed by atoms with van der Waals surface area (Å²) in [4.78, 5) is 72.1. The maximum Gasteiger partial charge on any atom is 0.409 e. The molecule has 2 fully saturated rings. The van der Waals surface area contributed by atoms with Gasteiger partial charge in [-0.1, -0.05) is 11.6 Å². The summed E-state index contributed by atoms with van der Waals surface area (Å²) in [7, 11) is 0. The van der Waals surface area contributed by atoms with Gasteiger partial charge in [-0.2, -0.15) is 0 Å². The van der Waals surface area contributed by atoms with Gasteiger partial charge < -0.3 is 34.9 Å². The van der Waals surface area contributed by atoms with Gasteiger partial charge in [0.2, 0.25) is 11.5 Å². The minimum absolute atomic E-state index is 0.0581. The minimum atomic E-state index is -1.58. The highest BCUT2D eigenvalue weighted by Crippen LogP contribution is 2.43. The molecule has 0 bridgehead atoms. The van der Waals surface area contributed by atoms with Gasteiger partial charge in [-0.15, -0.1) is 0 Å². The number of hydrogen-bond donors (Lipinski definition) is 2. The van der Waals surface area contributed by atoms with Gasteiger partial charge in [0.1, 0.15) is 11.3 Å². The van der Waals surface area contributed by atoms with Gasteiger partial charge in [-0.05, 0) is 64.7 Å². The van der Waals surface area contributed by atoms with E-state index in [4.69, 9.17) is 31.5 Å². The molecular weight excluding hydrogens is 596 g/mol. The van der Waals surface area contributed by atoms with Crippen molar-refractivity contribution in [1.29, 1.82) is 0 Å². The Morgan fingerprint density at radius 3 is 2.30 bits per heavy atom. The van der Waals surface area contributed by atoms with Gasteiger partial charge >= 0.3 is 18.0 Å². The van der Waals surface area contributed by atoms with Gasteiger partial charge in [0.05, 0.1) is 29.8 Å². The Bertz CT molecular complexity index is 1450. The lowest BCUT2D eigenvalue weighted by Crippen LogP contribution is -2.52. The highest BCUT2D eigenvalue weighted by Gasteiger charge is 2.48. The van der Waals surface area contributed by atoms with Crippen molar-refractivity contribution in [3.05, 3.63) is 34.5 Å². The van der Waals surface area contributed by atoms with Crippen LogP contribution in [0.3, 0.4) is 0 Å². The second kappa shape index (κ2) is 13.7. The number of nitrogens with two attached hydrogens (primary N) is 1. The SMILES string of the molecule is CCOC(=O)N1CCN(C(=O)C(CCC(=O)OC(C)C)c2nc3cc(Cl)ccc3c(OC3(C(=O)O)CCC3)c2C(N)=O)CC1. The summed E-state index contributed by atoms with van der Waals surface area (Å²) < 4.78 is 16.5. The number of ether oxygens (including phenoxy) is 3. The van der Waals surface area contributed by atoms with Gasteiger partial charge in [-0.25, -0.2) is 9.59 Å². The van der Waals surface area contributed by atoms with Crippen LogP contribution in [-0.4, -0.2) is 94.2 Å². The second-order valence-electron chi connectivity index (χ2n) is 11.1. The lowest BCUT2D eigenvalue weighted by atomic mass is 9.80. The fraction of sp³-hybridized carbons (Fsp3) is 0.533. The average Bonchev–Trinajstić information content (AvgIpc) is 2.93. The number of carbonyl (C=O) groups is 5. The molecule has 1 aromatic carbocycles. The zero-order valence-corrected chi connectivity index (χ0v) is 25.7. The lowest BCUT2D eigenvalue weighted by Gasteiger charge is -2.39. The standard InChI is InChI=1S/C30H37ClN4O9/c1-4-42-29(41)35-14-12-34(13-15-35)27(38)20(8-9-22(36)43-17(2)3)24-23(26(32)37)25(44-30(28(39)40)10-5-11-30)19-7-6-18(31)16-21(19)33-24/h6-7,16-17,20H,4-5,8-15H2,1-3H3,(H2,32,37)(H,39,40). The van der Waals surface area contributed by atoms with E-state index in [9.17, 15) is 29.1 Å². The highest BCUT2D eigenvalue weighted by atomic mass is 35.5. The van der Waals surface area contributed by atoms with E-state index in [0.717, 1.165) is 0 Å². The number of esters is 1. The minimum Gasteiger partial charge on any atom is -0.478 e. The number of primary amides is 1. The predicted molar refractivity (Wildman–Crippen MR) is 158 cm³/mol. The van der Waals surface area contributed by atoms with Crippen molar-refractivity contribution in [2.24, 2.45) is 5.73 Å². The topological polar surface area (TPSA) is 179 Å². The molecule has 3 amide bonds. The van der Waals surface area contributed by atoms with E-state index in [1.165, 1.54) is 15.9 Å². The second-order valence-corrected chi connectivity index (χ2v) is 11.6. The number of rotatable bonds is 11. The Kier molecular flexibility index (Phi) is 10.2. The van der Waals surface area contributed by atoms with Crippen LogP contribution in [0.5, 0.6) is 5.75 Å². The summed E-state index contributed by atoms with van der Waals surface area (Å²) in [6.07, 6.45) is -0.114. The van der Waals surface area contributed by atoms with Gasteiger partial charge in [0, 0.05) is 43.0 Å². The van der Waals surface area contributed by atoms with E-state index in [-0.39, 0.29) is 87.1 Å². The largest absolute Gasteiger partial charge is 0.478 e. The number of hydrogen-bond acceptors (Lipinski definition) is 9. The number of fused-ring (bicyclic) bond motifs is 1. The number of aliphatic carboxylic acids is 1. The molecule has 1 aliphatic heterocycles. The van der Waals surface area contributed by atoms with Crippen LogP contribution in [0.15, 0.2) is 18.2 Å². The fourth-order valence-corrected chi connectivity index (χ4v) is 5.55. The molecular formula is C30H37ClN4O9. The van der Waals surface area contributed by atoms with Crippen LogP contribution >= 0.6 is 11.6 Å². The fourth-order valence-electron chi connectivity index (χ4n) is 5.38. The van der Waals surface area contributed by atoms with Crippen LogP contribution < -0.4 is 10.5 Å². The number of amides is 3. The maximum absolute atomic E-state index is 14.2. The van der Waals surface area contributed by atoms with Gasteiger partial charge in [0.25, 0.3) is 5.91 Å². The summed E-state index contributed by atoms with van der Waals surface area (Å²) in [5.74, 6) is -4.45. The summed E-state index contributed by atoms with van der Waals surface area (Å²) in [5, 5.41) is 10.6. The van der Waals surface area contributed by atoms with Crippen molar-refractivity contribution in [2.75, 3.05) is 32.8 Å². The van der Waals surface area contributed by atoms with Crippen molar-refractivity contribution in [3.8, 4) is 5.75 Å². The van der Waals surface area contributed by atoms with E-state index in [2.05, 4.69) is 4.98 Å². The summed E-state index contributed by atoms with van der Waals surface area (Å²) >= 11 is 6.28. The molecule has 0 spiro atoms. The molecule has 0 radical (unpaired) electrons. The Balaban J connectivity index is 1.81. The molecule has 2 aromatic rings. The molecule has 2 heterocycles. The van der Waals surface area contributed by atoms with Crippen molar-refractivity contribution in [2.45, 2.75) is 70.5 Å². The molecule has 14 heteroatoms. The molecule has 2 aliphatic rings. The number of nitrogens with zero attached hydrogens (tertiary/aromatic N) is 3. The molecule has 1 atom stereocenters. The molecule has 1 saturated heterocycles. The average molecular weight is 633 g/mol. The first-order valence-corrected chi connectivity index (χ1v) is 15.0. The molecule has 4 rings (SSSR count). The molecule has 1 unspecified atom stereocenters.